The molecule has 1 aliphatic carbocycles. The van der Waals surface area contributed by atoms with Crippen molar-refractivity contribution in [2.75, 3.05) is 24.3 Å². The SMILES string of the molecule is CCNc1cc(NC2CC(O)C2)nc(COC)n1. The smallest absolute Gasteiger partial charge is 0.158 e. The zero-order chi connectivity index (χ0) is 13.0. The molecule has 2 rings (SSSR count). The molecular weight excluding hydrogens is 232 g/mol. The van der Waals surface area contributed by atoms with Crippen LogP contribution in [0.2, 0.25) is 0 Å². The van der Waals surface area contributed by atoms with Crippen LogP contribution >= 0.6 is 0 Å². The van der Waals surface area contributed by atoms with Crippen molar-refractivity contribution in [3.8, 4) is 0 Å². The summed E-state index contributed by atoms with van der Waals surface area (Å²) in [5, 5.41) is 15.7. The Labute approximate surface area is 107 Å². The number of anilines is 2. The van der Waals surface area contributed by atoms with Crippen LogP contribution in [0.25, 0.3) is 0 Å². The molecule has 1 fully saturated rings. The summed E-state index contributed by atoms with van der Waals surface area (Å²) in [5.41, 5.74) is 0. The van der Waals surface area contributed by atoms with E-state index in [2.05, 4.69) is 20.6 Å². The molecular formula is C12H20N4O2. The maximum atomic E-state index is 9.27. The highest BCUT2D eigenvalue weighted by Crippen LogP contribution is 2.24. The molecule has 1 saturated carbocycles. The summed E-state index contributed by atoms with van der Waals surface area (Å²) in [6, 6.07) is 2.19. The molecule has 1 aliphatic rings. The van der Waals surface area contributed by atoms with Gasteiger partial charge in [0.15, 0.2) is 5.82 Å². The first-order valence-corrected chi connectivity index (χ1v) is 6.26. The predicted octanol–water partition coefficient (Wildman–Crippen LogP) is 0.990. The Balaban J connectivity index is 2.06. The van der Waals surface area contributed by atoms with E-state index in [0.717, 1.165) is 31.0 Å². The third-order valence-electron chi connectivity index (χ3n) is 2.87. The molecule has 0 aromatic carbocycles. The van der Waals surface area contributed by atoms with E-state index in [1.54, 1.807) is 7.11 Å². The number of ether oxygens (including phenoxy) is 1. The summed E-state index contributed by atoms with van der Waals surface area (Å²) in [6.45, 7) is 3.22. The lowest BCUT2D eigenvalue weighted by molar-refractivity contribution is 0.0835. The van der Waals surface area contributed by atoms with Gasteiger partial charge >= 0.3 is 0 Å². The molecule has 1 aromatic heterocycles. The second-order valence-electron chi connectivity index (χ2n) is 4.48. The van der Waals surface area contributed by atoms with Gasteiger partial charge in [0.25, 0.3) is 0 Å². The molecule has 1 heterocycles. The highest BCUT2D eigenvalue weighted by molar-refractivity contribution is 5.48. The van der Waals surface area contributed by atoms with Crippen LogP contribution in [0.5, 0.6) is 0 Å². The summed E-state index contributed by atoms with van der Waals surface area (Å²) in [4.78, 5) is 8.73. The van der Waals surface area contributed by atoms with Crippen LogP contribution in [0.1, 0.15) is 25.6 Å². The molecule has 6 heteroatoms. The second kappa shape index (κ2) is 5.97. The minimum Gasteiger partial charge on any atom is -0.393 e. The molecule has 0 saturated heterocycles. The summed E-state index contributed by atoms with van der Waals surface area (Å²) >= 11 is 0. The fourth-order valence-electron chi connectivity index (χ4n) is 1.95. The summed E-state index contributed by atoms with van der Waals surface area (Å²) in [6.07, 6.45) is 1.39. The van der Waals surface area contributed by atoms with E-state index in [1.165, 1.54) is 0 Å². The molecule has 0 radical (unpaired) electrons. The molecule has 0 atom stereocenters. The van der Waals surface area contributed by atoms with Crippen molar-refractivity contribution in [2.45, 2.75) is 38.5 Å². The Morgan fingerprint density at radius 1 is 1.39 bits per heavy atom. The van der Waals surface area contributed by atoms with Crippen molar-refractivity contribution in [1.29, 1.82) is 0 Å². The molecule has 18 heavy (non-hydrogen) atoms. The van der Waals surface area contributed by atoms with E-state index in [1.807, 2.05) is 13.0 Å². The van der Waals surface area contributed by atoms with Gasteiger partial charge in [-0.25, -0.2) is 9.97 Å². The molecule has 0 amide bonds. The standard InChI is InChI=1S/C12H20N4O2/c1-3-13-10-6-11(14-8-4-9(17)5-8)16-12(15-10)7-18-2/h6,8-9,17H,3-5,7H2,1-2H3,(H2,13,14,15,16). The maximum Gasteiger partial charge on any atom is 0.158 e. The van der Waals surface area contributed by atoms with Crippen molar-refractivity contribution < 1.29 is 9.84 Å². The van der Waals surface area contributed by atoms with Crippen LogP contribution in [-0.4, -0.2) is 40.9 Å². The van der Waals surface area contributed by atoms with Gasteiger partial charge in [-0.15, -0.1) is 0 Å². The number of rotatable bonds is 6. The number of methoxy groups -OCH3 is 1. The zero-order valence-corrected chi connectivity index (χ0v) is 10.8. The number of aliphatic hydroxyl groups excluding tert-OH is 1. The van der Waals surface area contributed by atoms with Crippen molar-refractivity contribution in [3.63, 3.8) is 0 Å². The van der Waals surface area contributed by atoms with Crippen molar-refractivity contribution in [3.05, 3.63) is 11.9 Å². The van der Waals surface area contributed by atoms with Gasteiger partial charge in [0.05, 0.1) is 6.10 Å². The normalized spacial score (nSPS) is 22.4. The fraction of sp³-hybridized carbons (Fsp3) is 0.667. The molecule has 0 unspecified atom stereocenters. The topological polar surface area (TPSA) is 79.3 Å². The third kappa shape index (κ3) is 3.30. The number of nitrogens with one attached hydrogen (secondary N) is 2. The molecule has 0 spiro atoms. The molecule has 0 aliphatic heterocycles. The Kier molecular flexibility index (Phi) is 4.33. The van der Waals surface area contributed by atoms with Crippen LogP contribution in [0.15, 0.2) is 6.07 Å². The lowest BCUT2D eigenvalue weighted by Crippen LogP contribution is -2.39. The van der Waals surface area contributed by atoms with Crippen LogP contribution in [-0.2, 0) is 11.3 Å². The van der Waals surface area contributed by atoms with Crippen molar-refractivity contribution in [2.24, 2.45) is 0 Å². The average Bonchev–Trinajstić information content (AvgIpc) is 2.27. The largest absolute Gasteiger partial charge is 0.393 e. The van der Waals surface area contributed by atoms with Crippen molar-refractivity contribution in [1.82, 2.24) is 9.97 Å². The number of nitrogens with zero attached hydrogens (tertiary/aromatic N) is 2. The van der Waals surface area contributed by atoms with Gasteiger partial charge in [-0.2, -0.15) is 0 Å². The number of hydrogen-bond acceptors (Lipinski definition) is 6. The predicted molar refractivity (Wildman–Crippen MR) is 69.6 cm³/mol. The molecule has 3 N–H and O–H groups in total. The minimum absolute atomic E-state index is 0.170. The van der Waals surface area contributed by atoms with Gasteiger partial charge in [-0.3, -0.25) is 0 Å². The van der Waals surface area contributed by atoms with Crippen LogP contribution in [0, 0.1) is 0 Å². The monoisotopic (exact) mass is 252 g/mol. The van der Waals surface area contributed by atoms with Crippen LogP contribution in [0.3, 0.4) is 0 Å². The fourth-order valence-corrected chi connectivity index (χ4v) is 1.95. The minimum atomic E-state index is -0.170. The third-order valence-corrected chi connectivity index (χ3v) is 2.87. The summed E-state index contributed by atoms with van der Waals surface area (Å²) in [7, 11) is 1.62. The van der Waals surface area contributed by atoms with E-state index in [4.69, 9.17) is 4.74 Å². The quantitative estimate of drug-likeness (QED) is 0.700. The second-order valence-corrected chi connectivity index (χ2v) is 4.48. The lowest BCUT2D eigenvalue weighted by Gasteiger charge is -2.32. The van der Waals surface area contributed by atoms with Gasteiger partial charge in [-0.05, 0) is 19.8 Å². The highest BCUT2D eigenvalue weighted by atomic mass is 16.5. The molecule has 1 aromatic rings. The Morgan fingerprint density at radius 3 is 2.72 bits per heavy atom. The highest BCUT2D eigenvalue weighted by Gasteiger charge is 2.27. The van der Waals surface area contributed by atoms with E-state index < -0.39 is 0 Å². The van der Waals surface area contributed by atoms with Gasteiger partial charge in [0.1, 0.15) is 18.2 Å². The van der Waals surface area contributed by atoms with E-state index in [-0.39, 0.29) is 6.10 Å². The first-order chi connectivity index (χ1) is 8.71. The Bertz CT molecular complexity index is 369. The van der Waals surface area contributed by atoms with Crippen molar-refractivity contribution >= 4 is 11.6 Å². The first-order valence-electron chi connectivity index (χ1n) is 6.26. The van der Waals surface area contributed by atoms with E-state index in [0.29, 0.717) is 18.5 Å². The zero-order valence-electron chi connectivity index (χ0n) is 10.8. The average molecular weight is 252 g/mol. The van der Waals surface area contributed by atoms with Gasteiger partial charge in [0, 0.05) is 25.8 Å². The van der Waals surface area contributed by atoms with E-state index >= 15 is 0 Å². The lowest BCUT2D eigenvalue weighted by atomic mass is 9.89. The van der Waals surface area contributed by atoms with Gasteiger partial charge in [0.2, 0.25) is 0 Å². The number of aromatic nitrogens is 2. The van der Waals surface area contributed by atoms with Crippen LogP contribution in [0.4, 0.5) is 11.6 Å². The maximum absolute atomic E-state index is 9.27. The van der Waals surface area contributed by atoms with E-state index in [9.17, 15) is 5.11 Å². The van der Waals surface area contributed by atoms with Gasteiger partial charge in [-0.1, -0.05) is 0 Å². The summed E-state index contributed by atoms with van der Waals surface area (Å²) in [5.74, 6) is 2.23. The Morgan fingerprint density at radius 2 is 2.11 bits per heavy atom. The van der Waals surface area contributed by atoms with Crippen LogP contribution < -0.4 is 10.6 Å². The molecule has 6 nitrogen and oxygen atoms in total. The number of aliphatic hydroxyl groups is 1. The Hall–Kier alpha value is -1.40. The number of hydrogen-bond donors (Lipinski definition) is 3. The summed E-state index contributed by atoms with van der Waals surface area (Å²) < 4.78 is 5.06. The van der Waals surface area contributed by atoms with Gasteiger partial charge < -0.3 is 20.5 Å². The first kappa shape index (κ1) is 13.0. The molecule has 0 bridgehead atoms. The molecule has 100 valence electrons.